The number of carbonyl (C=O) groups is 2. The first kappa shape index (κ1) is 24.6. The van der Waals surface area contributed by atoms with Gasteiger partial charge in [0.15, 0.2) is 5.13 Å². The molecule has 0 spiro atoms. The number of carbonyl (C=O) groups excluding carboxylic acids is 1. The summed E-state index contributed by atoms with van der Waals surface area (Å²) in [5.74, 6) is 0.347. The van der Waals surface area contributed by atoms with Crippen LogP contribution in [0.2, 0.25) is 0 Å². The highest BCUT2D eigenvalue weighted by Gasteiger charge is 2.29. The summed E-state index contributed by atoms with van der Waals surface area (Å²) < 4.78 is 0.900. The molecule has 0 atom stereocenters. The van der Waals surface area contributed by atoms with Crippen LogP contribution in [-0.2, 0) is 11.2 Å². The van der Waals surface area contributed by atoms with E-state index >= 15 is 0 Å². The standard InChI is InChI=1S/C24H33N3O3S2/c1-17-9-11-19(12-10-17)27(14-13-18-7-5-4-6-8-18)23(30)26-22-25-15-20(32-22)31-16-24(2,3)21(28)29/h4-8,15,17,19H,9-14,16H2,1-3H3,(H,28,29)(H,25,26,30)/t17-,19-. The number of carboxylic acid groups (broad SMARTS) is 1. The van der Waals surface area contributed by atoms with Crippen LogP contribution in [0.15, 0.2) is 40.7 Å². The first-order chi connectivity index (χ1) is 15.2. The van der Waals surface area contributed by atoms with E-state index in [9.17, 15) is 14.7 Å². The molecule has 2 aromatic rings. The molecule has 174 valence electrons. The summed E-state index contributed by atoms with van der Waals surface area (Å²) in [4.78, 5) is 30.9. The number of thioether (sulfide) groups is 1. The Morgan fingerprint density at radius 2 is 1.91 bits per heavy atom. The highest BCUT2D eigenvalue weighted by molar-refractivity contribution is 8.01. The Kier molecular flexibility index (Phi) is 8.59. The summed E-state index contributed by atoms with van der Waals surface area (Å²) in [5.41, 5.74) is 0.410. The third-order valence-corrected chi connectivity index (χ3v) is 8.59. The van der Waals surface area contributed by atoms with Gasteiger partial charge in [-0.05, 0) is 57.4 Å². The van der Waals surface area contributed by atoms with Crippen LogP contribution in [0.1, 0.15) is 52.0 Å². The predicted octanol–water partition coefficient (Wildman–Crippen LogP) is 6.00. The third kappa shape index (κ3) is 6.97. The van der Waals surface area contributed by atoms with Gasteiger partial charge in [-0.1, -0.05) is 48.6 Å². The van der Waals surface area contributed by atoms with Crippen molar-refractivity contribution in [1.29, 1.82) is 0 Å². The Morgan fingerprint density at radius 3 is 2.56 bits per heavy atom. The molecule has 1 aliphatic rings. The van der Waals surface area contributed by atoms with Gasteiger partial charge in [0.1, 0.15) is 0 Å². The molecular weight excluding hydrogens is 442 g/mol. The molecular formula is C24H33N3O3S2. The minimum absolute atomic E-state index is 0.0998. The van der Waals surface area contributed by atoms with E-state index in [0.717, 1.165) is 42.2 Å². The molecule has 1 aromatic carbocycles. The molecule has 1 fully saturated rings. The number of anilines is 1. The number of amides is 2. The molecule has 3 rings (SSSR count). The van der Waals surface area contributed by atoms with E-state index in [0.29, 0.717) is 17.4 Å². The van der Waals surface area contributed by atoms with E-state index < -0.39 is 11.4 Å². The molecule has 1 heterocycles. The summed E-state index contributed by atoms with van der Waals surface area (Å²) in [6, 6.07) is 10.4. The quantitative estimate of drug-likeness (QED) is 0.435. The lowest BCUT2D eigenvalue weighted by Gasteiger charge is -2.36. The summed E-state index contributed by atoms with van der Waals surface area (Å²) >= 11 is 2.85. The van der Waals surface area contributed by atoms with Crippen LogP contribution in [0, 0.1) is 11.3 Å². The second-order valence-electron chi connectivity index (χ2n) is 9.24. The topological polar surface area (TPSA) is 82.5 Å². The molecule has 1 aliphatic carbocycles. The number of nitrogens with one attached hydrogen (secondary N) is 1. The van der Waals surface area contributed by atoms with Gasteiger partial charge in [0, 0.05) is 18.3 Å². The van der Waals surface area contributed by atoms with Gasteiger partial charge in [0.2, 0.25) is 0 Å². The van der Waals surface area contributed by atoms with E-state index in [-0.39, 0.29) is 12.1 Å². The molecule has 0 radical (unpaired) electrons. The SMILES string of the molecule is CC(C)(CSc1cnc(NC(=O)N(CCc2ccccc2)[C@H]2CC[C@H](C)CC2)s1)C(=O)O. The molecule has 1 saturated carbocycles. The van der Waals surface area contributed by atoms with Gasteiger partial charge in [-0.2, -0.15) is 0 Å². The van der Waals surface area contributed by atoms with Crippen LogP contribution in [0.25, 0.3) is 0 Å². The zero-order valence-corrected chi connectivity index (χ0v) is 20.7. The van der Waals surface area contributed by atoms with Crippen LogP contribution in [0.3, 0.4) is 0 Å². The summed E-state index contributed by atoms with van der Waals surface area (Å²) in [6.45, 7) is 6.38. The van der Waals surface area contributed by atoms with Crippen molar-refractivity contribution in [2.24, 2.45) is 11.3 Å². The normalized spacial score (nSPS) is 18.8. The fourth-order valence-corrected chi connectivity index (χ4v) is 5.70. The van der Waals surface area contributed by atoms with E-state index in [1.807, 2.05) is 23.1 Å². The van der Waals surface area contributed by atoms with Gasteiger partial charge in [-0.15, -0.1) is 11.8 Å². The van der Waals surface area contributed by atoms with Gasteiger partial charge in [-0.25, -0.2) is 9.78 Å². The lowest BCUT2D eigenvalue weighted by Crippen LogP contribution is -2.45. The number of aliphatic carboxylic acids is 1. The second kappa shape index (κ2) is 11.2. The first-order valence-electron chi connectivity index (χ1n) is 11.2. The number of aromatic nitrogens is 1. The number of hydrogen-bond donors (Lipinski definition) is 2. The van der Waals surface area contributed by atoms with E-state index in [2.05, 4.69) is 29.4 Å². The van der Waals surface area contributed by atoms with E-state index in [1.54, 1.807) is 20.0 Å². The first-order valence-corrected chi connectivity index (χ1v) is 13.0. The number of nitrogens with zero attached hydrogens (tertiary/aromatic N) is 2. The Balaban J connectivity index is 1.62. The van der Waals surface area contributed by atoms with Crippen molar-refractivity contribution >= 4 is 40.2 Å². The van der Waals surface area contributed by atoms with Gasteiger partial charge in [0.25, 0.3) is 0 Å². The summed E-state index contributed by atoms with van der Waals surface area (Å²) in [6.07, 6.45) is 6.90. The van der Waals surface area contributed by atoms with E-state index in [4.69, 9.17) is 0 Å². The number of urea groups is 1. The fourth-order valence-electron chi connectivity index (χ4n) is 3.76. The van der Waals surface area contributed by atoms with Gasteiger partial charge >= 0.3 is 12.0 Å². The zero-order valence-electron chi connectivity index (χ0n) is 19.0. The van der Waals surface area contributed by atoms with Crippen molar-refractivity contribution in [3.05, 3.63) is 42.1 Å². The molecule has 0 saturated heterocycles. The lowest BCUT2D eigenvalue weighted by molar-refractivity contribution is -0.145. The van der Waals surface area contributed by atoms with Crippen LogP contribution in [0.5, 0.6) is 0 Å². The van der Waals surface area contributed by atoms with Crippen LogP contribution < -0.4 is 5.32 Å². The number of carboxylic acids is 1. The lowest BCUT2D eigenvalue weighted by atomic mass is 9.86. The molecule has 1 aromatic heterocycles. The average molecular weight is 476 g/mol. The Morgan fingerprint density at radius 1 is 1.22 bits per heavy atom. The maximum atomic E-state index is 13.2. The number of thiazole rings is 1. The van der Waals surface area contributed by atoms with Gasteiger partial charge < -0.3 is 10.0 Å². The van der Waals surface area contributed by atoms with Gasteiger partial charge in [-0.3, -0.25) is 10.1 Å². The Hall–Kier alpha value is -2.06. The molecule has 2 amide bonds. The van der Waals surface area contributed by atoms with Crippen LogP contribution >= 0.6 is 23.1 Å². The number of rotatable bonds is 9. The smallest absolute Gasteiger partial charge is 0.323 e. The Labute approximate surface area is 198 Å². The molecule has 2 N–H and O–H groups in total. The molecule has 8 heteroatoms. The van der Waals surface area contributed by atoms with Crippen molar-refractivity contribution in [3.8, 4) is 0 Å². The minimum atomic E-state index is -0.820. The average Bonchev–Trinajstić information content (AvgIpc) is 3.21. The van der Waals surface area contributed by atoms with Crippen molar-refractivity contribution in [1.82, 2.24) is 9.88 Å². The van der Waals surface area contributed by atoms with Crippen molar-refractivity contribution < 1.29 is 14.7 Å². The maximum absolute atomic E-state index is 13.2. The molecule has 0 bridgehead atoms. The largest absolute Gasteiger partial charge is 0.481 e. The van der Waals surface area contributed by atoms with Crippen molar-refractivity contribution in [2.75, 3.05) is 17.6 Å². The van der Waals surface area contributed by atoms with Gasteiger partial charge in [0.05, 0.1) is 15.8 Å². The maximum Gasteiger partial charge on any atom is 0.323 e. The Bertz CT molecular complexity index is 893. The predicted molar refractivity (Wildman–Crippen MR) is 132 cm³/mol. The zero-order chi connectivity index (χ0) is 23.1. The van der Waals surface area contributed by atoms with Crippen LogP contribution in [0.4, 0.5) is 9.93 Å². The molecule has 6 nitrogen and oxygen atoms in total. The molecule has 0 unspecified atom stereocenters. The minimum Gasteiger partial charge on any atom is -0.481 e. The number of hydrogen-bond acceptors (Lipinski definition) is 5. The third-order valence-electron chi connectivity index (χ3n) is 6.02. The van der Waals surface area contributed by atoms with Crippen molar-refractivity contribution in [3.63, 3.8) is 0 Å². The van der Waals surface area contributed by atoms with E-state index in [1.165, 1.54) is 28.7 Å². The molecule has 0 aliphatic heterocycles. The number of benzene rings is 1. The highest BCUT2D eigenvalue weighted by Crippen LogP contribution is 2.34. The monoisotopic (exact) mass is 475 g/mol. The van der Waals surface area contributed by atoms with Crippen molar-refractivity contribution in [2.45, 2.75) is 63.1 Å². The molecule has 32 heavy (non-hydrogen) atoms. The second-order valence-corrected chi connectivity index (χ2v) is 11.5. The summed E-state index contributed by atoms with van der Waals surface area (Å²) in [7, 11) is 0. The summed E-state index contributed by atoms with van der Waals surface area (Å²) in [5, 5.41) is 12.8. The van der Waals surface area contributed by atoms with Crippen LogP contribution in [-0.4, -0.2) is 45.3 Å². The highest BCUT2D eigenvalue weighted by atomic mass is 32.2. The fraction of sp³-hybridized carbons (Fsp3) is 0.542.